The Hall–Kier alpha value is -2.75. The Kier molecular flexibility index (Phi) is 6.53. The number of nitrogens with two attached hydrogens (primary N) is 1. The lowest BCUT2D eigenvalue weighted by Gasteiger charge is -2.11. The van der Waals surface area contributed by atoms with E-state index in [4.69, 9.17) is 5.73 Å². The second-order valence-electron chi connectivity index (χ2n) is 7.25. The van der Waals surface area contributed by atoms with E-state index in [0.29, 0.717) is 17.8 Å². The lowest BCUT2D eigenvalue weighted by molar-refractivity contribution is -0.116. The van der Waals surface area contributed by atoms with Gasteiger partial charge in [0, 0.05) is 18.7 Å². The quantitative estimate of drug-likeness (QED) is 0.415. The van der Waals surface area contributed by atoms with Crippen molar-refractivity contribution < 1.29 is 4.79 Å². The maximum atomic E-state index is 12.0. The molecular formula is C23H29N3O. The zero-order chi connectivity index (χ0) is 19.1. The Labute approximate surface area is 161 Å². The highest BCUT2D eigenvalue weighted by molar-refractivity contribution is 5.93. The molecule has 0 saturated heterocycles. The molecule has 2 aromatic carbocycles. The maximum absolute atomic E-state index is 12.0. The minimum absolute atomic E-state index is 0.0148. The summed E-state index contributed by atoms with van der Waals surface area (Å²) in [5.74, 6) is 0.803. The van der Waals surface area contributed by atoms with Gasteiger partial charge in [0.15, 0.2) is 0 Å². The number of para-hydroxylation sites is 2. The fourth-order valence-electron chi connectivity index (χ4n) is 3.13. The van der Waals surface area contributed by atoms with E-state index in [1.54, 1.807) is 6.07 Å². The Morgan fingerprint density at radius 1 is 1.04 bits per heavy atom. The summed E-state index contributed by atoms with van der Waals surface area (Å²) in [7, 11) is 0. The van der Waals surface area contributed by atoms with Crippen LogP contribution in [0.5, 0.6) is 0 Å². The van der Waals surface area contributed by atoms with Gasteiger partial charge in [0.1, 0.15) is 0 Å². The molecule has 4 heteroatoms. The van der Waals surface area contributed by atoms with Crippen LogP contribution in [0.2, 0.25) is 0 Å². The third-order valence-corrected chi connectivity index (χ3v) is 4.96. The van der Waals surface area contributed by atoms with E-state index >= 15 is 0 Å². The van der Waals surface area contributed by atoms with Crippen LogP contribution in [0.1, 0.15) is 55.6 Å². The van der Waals surface area contributed by atoms with Gasteiger partial charge in [-0.3, -0.25) is 4.79 Å². The first-order valence-electron chi connectivity index (χ1n) is 9.81. The molecule has 4 N–H and O–H groups in total. The SMILES string of the molecule is C=C(NCCCCCC(=O)Nc1ccccc1N)c1ccc(C2CC2)cc1. The number of rotatable bonds is 10. The van der Waals surface area contributed by atoms with E-state index in [9.17, 15) is 4.79 Å². The second-order valence-corrected chi connectivity index (χ2v) is 7.25. The van der Waals surface area contributed by atoms with Gasteiger partial charge in [-0.25, -0.2) is 0 Å². The molecule has 1 fully saturated rings. The van der Waals surface area contributed by atoms with Gasteiger partial charge in [-0.2, -0.15) is 0 Å². The Morgan fingerprint density at radius 3 is 2.48 bits per heavy atom. The van der Waals surface area contributed by atoms with Crippen LogP contribution >= 0.6 is 0 Å². The first kappa shape index (κ1) is 19.0. The minimum atomic E-state index is 0.0148. The normalized spacial score (nSPS) is 13.2. The topological polar surface area (TPSA) is 67.2 Å². The van der Waals surface area contributed by atoms with Crippen molar-refractivity contribution in [2.45, 2.75) is 44.4 Å². The smallest absolute Gasteiger partial charge is 0.224 e. The molecule has 0 radical (unpaired) electrons. The Balaban J connectivity index is 1.28. The van der Waals surface area contributed by atoms with Crippen LogP contribution in [0.15, 0.2) is 55.1 Å². The van der Waals surface area contributed by atoms with Crippen molar-refractivity contribution in [1.29, 1.82) is 0 Å². The summed E-state index contributed by atoms with van der Waals surface area (Å²) in [4.78, 5) is 12.0. The van der Waals surface area contributed by atoms with E-state index in [2.05, 4.69) is 41.5 Å². The van der Waals surface area contributed by atoms with Gasteiger partial charge in [-0.1, -0.05) is 49.4 Å². The number of nitrogens with one attached hydrogen (secondary N) is 2. The number of amides is 1. The highest BCUT2D eigenvalue weighted by Gasteiger charge is 2.22. The number of carbonyl (C=O) groups excluding carboxylic acids is 1. The molecule has 0 aromatic heterocycles. The highest BCUT2D eigenvalue weighted by Crippen LogP contribution is 2.40. The molecule has 2 aromatic rings. The third kappa shape index (κ3) is 5.88. The van der Waals surface area contributed by atoms with E-state index in [1.807, 2.05) is 18.2 Å². The van der Waals surface area contributed by atoms with Crippen molar-refractivity contribution in [3.8, 4) is 0 Å². The van der Waals surface area contributed by atoms with E-state index in [1.165, 1.54) is 18.4 Å². The van der Waals surface area contributed by atoms with Gasteiger partial charge < -0.3 is 16.4 Å². The second kappa shape index (κ2) is 9.26. The number of benzene rings is 2. The van der Waals surface area contributed by atoms with Crippen LogP contribution in [-0.4, -0.2) is 12.5 Å². The maximum Gasteiger partial charge on any atom is 0.224 e. The molecule has 1 aliphatic rings. The molecule has 0 bridgehead atoms. The third-order valence-electron chi connectivity index (χ3n) is 4.96. The molecule has 3 rings (SSSR count). The predicted molar refractivity (Wildman–Crippen MR) is 113 cm³/mol. The van der Waals surface area contributed by atoms with Crippen molar-refractivity contribution in [1.82, 2.24) is 5.32 Å². The van der Waals surface area contributed by atoms with Crippen molar-refractivity contribution in [2.24, 2.45) is 0 Å². The summed E-state index contributed by atoms with van der Waals surface area (Å²) < 4.78 is 0. The number of nitrogen functional groups attached to an aromatic ring is 1. The van der Waals surface area contributed by atoms with Crippen LogP contribution < -0.4 is 16.4 Å². The lowest BCUT2D eigenvalue weighted by atomic mass is 10.1. The molecule has 0 aliphatic heterocycles. The van der Waals surface area contributed by atoms with Crippen LogP contribution in [0.25, 0.3) is 5.70 Å². The molecule has 0 atom stereocenters. The van der Waals surface area contributed by atoms with Gasteiger partial charge in [0.2, 0.25) is 5.91 Å². The largest absolute Gasteiger partial charge is 0.397 e. The van der Waals surface area contributed by atoms with Crippen LogP contribution in [-0.2, 0) is 4.79 Å². The number of unbranched alkanes of at least 4 members (excludes halogenated alkanes) is 2. The van der Waals surface area contributed by atoms with Gasteiger partial charge in [0.25, 0.3) is 0 Å². The van der Waals surface area contributed by atoms with Crippen LogP contribution in [0, 0.1) is 0 Å². The summed E-state index contributed by atoms with van der Waals surface area (Å²) in [6, 6.07) is 16.1. The molecule has 142 valence electrons. The summed E-state index contributed by atoms with van der Waals surface area (Å²) in [6.07, 6.45) is 6.05. The average molecular weight is 364 g/mol. The molecule has 1 saturated carbocycles. The number of hydrogen-bond donors (Lipinski definition) is 3. The van der Waals surface area contributed by atoms with Gasteiger partial charge >= 0.3 is 0 Å². The van der Waals surface area contributed by atoms with E-state index in [-0.39, 0.29) is 5.91 Å². The monoisotopic (exact) mass is 363 g/mol. The molecule has 27 heavy (non-hydrogen) atoms. The molecule has 4 nitrogen and oxygen atoms in total. The summed E-state index contributed by atoms with van der Waals surface area (Å²) in [5.41, 5.74) is 10.7. The van der Waals surface area contributed by atoms with E-state index < -0.39 is 0 Å². The van der Waals surface area contributed by atoms with Crippen LogP contribution in [0.4, 0.5) is 11.4 Å². The summed E-state index contributed by atoms with van der Waals surface area (Å²) in [5, 5.41) is 6.25. The Bertz CT molecular complexity index is 778. The fourth-order valence-corrected chi connectivity index (χ4v) is 3.13. The standard InChI is InChI=1S/C23H29N3O/c1-17(18-10-12-19(13-11-18)20-14-15-20)25-16-6-2-3-9-23(27)26-22-8-5-4-7-21(22)24/h4-5,7-8,10-13,20,25H,1-3,6,9,14-16,24H2,(H,26,27). The highest BCUT2D eigenvalue weighted by atomic mass is 16.1. The minimum Gasteiger partial charge on any atom is -0.397 e. The predicted octanol–water partition coefficient (Wildman–Crippen LogP) is 4.91. The van der Waals surface area contributed by atoms with Gasteiger partial charge in [-0.05, 0) is 54.9 Å². The molecule has 1 aliphatic carbocycles. The first-order valence-corrected chi connectivity index (χ1v) is 9.81. The molecule has 0 unspecified atom stereocenters. The van der Waals surface area contributed by atoms with Crippen molar-refractivity contribution in [2.75, 3.05) is 17.6 Å². The number of anilines is 2. The van der Waals surface area contributed by atoms with Gasteiger partial charge in [0.05, 0.1) is 11.4 Å². The zero-order valence-corrected chi connectivity index (χ0v) is 15.8. The molecular weight excluding hydrogens is 334 g/mol. The summed E-state index contributed by atoms with van der Waals surface area (Å²) >= 11 is 0. The van der Waals surface area contributed by atoms with Crippen molar-refractivity contribution in [3.05, 3.63) is 66.2 Å². The first-order chi connectivity index (χ1) is 13.1. The number of carbonyl (C=O) groups is 1. The molecule has 0 spiro atoms. The van der Waals surface area contributed by atoms with Gasteiger partial charge in [-0.15, -0.1) is 0 Å². The average Bonchev–Trinajstić information content (AvgIpc) is 3.51. The zero-order valence-electron chi connectivity index (χ0n) is 15.8. The van der Waals surface area contributed by atoms with Crippen molar-refractivity contribution in [3.63, 3.8) is 0 Å². The lowest BCUT2D eigenvalue weighted by Crippen LogP contribution is -2.14. The molecule has 0 heterocycles. The number of hydrogen-bond acceptors (Lipinski definition) is 3. The van der Waals surface area contributed by atoms with E-state index in [0.717, 1.165) is 43.0 Å². The Morgan fingerprint density at radius 2 is 1.78 bits per heavy atom. The molecule has 1 amide bonds. The summed E-state index contributed by atoms with van der Waals surface area (Å²) in [6.45, 7) is 5.00. The fraction of sp³-hybridized carbons (Fsp3) is 0.348. The van der Waals surface area contributed by atoms with Crippen LogP contribution in [0.3, 0.4) is 0 Å². The van der Waals surface area contributed by atoms with Crippen molar-refractivity contribution >= 4 is 23.0 Å².